The van der Waals surface area contributed by atoms with E-state index in [-0.39, 0.29) is 0 Å². The zero-order chi connectivity index (χ0) is 11.8. The van der Waals surface area contributed by atoms with Crippen LogP contribution in [-0.4, -0.2) is 22.0 Å². The standard InChI is InChI=1S/C11H10N4O2/c1-12-10-13-5-8(14-10)6-2-3-9-7(4-6)15-11(16)17-9/h2-5H,1H3,(H,15,16)(H2,12,13,14). The molecule has 3 rings (SSSR count). The van der Waals surface area contributed by atoms with Crippen LogP contribution in [0.15, 0.2) is 33.6 Å². The number of H-pyrrole nitrogens is 2. The van der Waals surface area contributed by atoms with Crippen LogP contribution >= 0.6 is 0 Å². The van der Waals surface area contributed by atoms with Crippen molar-refractivity contribution in [3.05, 3.63) is 34.9 Å². The number of aromatic amines is 2. The Bertz CT molecular complexity index is 722. The van der Waals surface area contributed by atoms with Crippen LogP contribution in [0.4, 0.5) is 5.95 Å². The number of nitrogens with zero attached hydrogens (tertiary/aromatic N) is 1. The van der Waals surface area contributed by atoms with Crippen molar-refractivity contribution in [2.75, 3.05) is 12.4 Å². The number of aromatic nitrogens is 3. The molecule has 0 amide bonds. The third-order valence-corrected chi connectivity index (χ3v) is 2.54. The summed E-state index contributed by atoms with van der Waals surface area (Å²) in [6.07, 6.45) is 1.73. The van der Waals surface area contributed by atoms with Gasteiger partial charge in [0, 0.05) is 12.6 Å². The number of imidazole rings is 1. The van der Waals surface area contributed by atoms with Crippen LogP contribution in [0.3, 0.4) is 0 Å². The summed E-state index contributed by atoms with van der Waals surface area (Å²) in [5.74, 6) is 0.249. The maximum Gasteiger partial charge on any atom is 0.417 e. The number of fused-ring (bicyclic) bond motifs is 1. The van der Waals surface area contributed by atoms with Crippen molar-refractivity contribution in [2.24, 2.45) is 0 Å². The van der Waals surface area contributed by atoms with E-state index in [0.29, 0.717) is 17.0 Å². The Morgan fingerprint density at radius 1 is 1.35 bits per heavy atom. The molecule has 2 heterocycles. The van der Waals surface area contributed by atoms with Gasteiger partial charge in [0.05, 0.1) is 17.4 Å². The lowest BCUT2D eigenvalue weighted by molar-refractivity contribution is 0.555. The summed E-state index contributed by atoms with van der Waals surface area (Å²) < 4.78 is 4.94. The quantitative estimate of drug-likeness (QED) is 0.623. The van der Waals surface area contributed by atoms with Crippen LogP contribution in [0.2, 0.25) is 0 Å². The molecule has 0 atom stereocenters. The highest BCUT2D eigenvalue weighted by molar-refractivity contribution is 5.79. The van der Waals surface area contributed by atoms with Crippen molar-refractivity contribution >= 4 is 17.0 Å². The van der Waals surface area contributed by atoms with E-state index < -0.39 is 5.76 Å². The van der Waals surface area contributed by atoms with Crippen LogP contribution in [-0.2, 0) is 0 Å². The van der Waals surface area contributed by atoms with E-state index in [0.717, 1.165) is 11.3 Å². The van der Waals surface area contributed by atoms with E-state index >= 15 is 0 Å². The van der Waals surface area contributed by atoms with E-state index in [1.165, 1.54) is 0 Å². The number of anilines is 1. The molecule has 0 radical (unpaired) electrons. The Balaban J connectivity index is 2.13. The lowest BCUT2D eigenvalue weighted by atomic mass is 10.1. The molecule has 3 aromatic rings. The Kier molecular flexibility index (Phi) is 2.01. The molecule has 0 saturated carbocycles. The van der Waals surface area contributed by atoms with Crippen molar-refractivity contribution in [3.63, 3.8) is 0 Å². The Hall–Kier alpha value is -2.50. The number of hydrogen-bond donors (Lipinski definition) is 3. The van der Waals surface area contributed by atoms with E-state index in [4.69, 9.17) is 4.42 Å². The van der Waals surface area contributed by atoms with Crippen molar-refractivity contribution in [3.8, 4) is 11.3 Å². The van der Waals surface area contributed by atoms with Crippen LogP contribution < -0.4 is 11.1 Å². The van der Waals surface area contributed by atoms with E-state index in [1.807, 2.05) is 12.1 Å². The number of oxazole rings is 1. The second kappa shape index (κ2) is 3.51. The Morgan fingerprint density at radius 3 is 3.00 bits per heavy atom. The van der Waals surface area contributed by atoms with Gasteiger partial charge in [0.25, 0.3) is 0 Å². The van der Waals surface area contributed by atoms with Gasteiger partial charge in [-0.3, -0.25) is 4.98 Å². The zero-order valence-electron chi connectivity index (χ0n) is 9.07. The summed E-state index contributed by atoms with van der Waals surface area (Å²) in [5, 5.41) is 2.92. The molecule has 86 valence electrons. The fraction of sp³-hybridized carbons (Fsp3) is 0.0909. The number of benzene rings is 1. The predicted molar refractivity (Wildman–Crippen MR) is 64.0 cm³/mol. The van der Waals surface area contributed by atoms with E-state index in [9.17, 15) is 4.79 Å². The maximum atomic E-state index is 11.0. The highest BCUT2D eigenvalue weighted by Gasteiger charge is 2.05. The SMILES string of the molecule is CNc1ncc(-c2ccc3oc(=O)[nH]c3c2)[nH]1. The van der Waals surface area contributed by atoms with Gasteiger partial charge in [-0.2, -0.15) is 0 Å². The van der Waals surface area contributed by atoms with Gasteiger partial charge in [-0.05, 0) is 18.2 Å². The summed E-state index contributed by atoms with van der Waals surface area (Å²) in [5.41, 5.74) is 3.03. The van der Waals surface area contributed by atoms with Gasteiger partial charge in [-0.1, -0.05) is 0 Å². The molecule has 0 spiro atoms. The van der Waals surface area contributed by atoms with Gasteiger partial charge in [-0.25, -0.2) is 9.78 Å². The highest BCUT2D eigenvalue weighted by atomic mass is 16.4. The summed E-state index contributed by atoms with van der Waals surface area (Å²) in [4.78, 5) is 20.9. The molecular formula is C11H10N4O2. The summed E-state index contributed by atoms with van der Waals surface area (Å²) in [6, 6.07) is 5.46. The molecule has 1 aromatic carbocycles. The lowest BCUT2D eigenvalue weighted by Gasteiger charge is -1.96. The largest absolute Gasteiger partial charge is 0.417 e. The molecule has 0 unspecified atom stereocenters. The zero-order valence-corrected chi connectivity index (χ0v) is 9.07. The molecule has 17 heavy (non-hydrogen) atoms. The molecule has 3 N–H and O–H groups in total. The fourth-order valence-corrected chi connectivity index (χ4v) is 1.71. The topological polar surface area (TPSA) is 86.7 Å². The van der Waals surface area contributed by atoms with Gasteiger partial charge in [0.1, 0.15) is 0 Å². The third-order valence-electron chi connectivity index (χ3n) is 2.54. The minimum Gasteiger partial charge on any atom is -0.408 e. The van der Waals surface area contributed by atoms with Gasteiger partial charge in [0.2, 0.25) is 0 Å². The van der Waals surface area contributed by atoms with Crippen molar-refractivity contribution in [1.29, 1.82) is 0 Å². The highest BCUT2D eigenvalue weighted by Crippen LogP contribution is 2.22. The van der Waals surface area contributed by atoms with Crippen LogP contribution in [0, 0.1) is 0 Å². The molecule has 0 saturated heterocycles. The van der Waals surface area contributed by atoms with Crippen LogP contribution in [0.25, 0.3) is 22.4 Å². The average Bonchev–Trinajstić information content (AvgIpc) is 2.92. The first kappa shape index (κ1) is 9.71. The minimum absolute atomic E-state index is 0.447. The summed E-state index contributed by atoms with van der Waals surface area (Å²) in [7, 11) is 1.79. The third kappa shape index (κ3) is 1.59. The molecular weight excluding hydrogens is 220 g/mol. The molecule has 0 aliphatic carbocycles. The summed E-state index contributed by atoms with van der Waals surface area (Å²) in [6.45, 7) is 0. The first-order valence-corrected chi connectivity index (χ1v) is 5.12. The van der Waals surface area contributed by atoms with Gasteiger partial charge in [-0.15, -0.1) is 0 Å². The number of rotatable bonds is 2. The van der Waals surface area contributed by atoms with Crippen molar-refractivity contribution in [1.82, 2.24) is 15.0 Å². The van der Waals surface area contributed by atoms with E-state index in [1.54, 1.807) is 19.3 Å². The van der Waals surface area contributed by atoms with Crippen LogP contribution in [0.1, 0.15) is 0 Å². The smallest absolute Gasteiger partial charge is 0.408 e. The predicted octanol–water partition coefficient (Wildman–Crippen LogP) is 1.55. The van der Waals surface area contributed by atoms with Crippen molar-refractivity contribution < 1.29 is 4.42 Å². The Morgan fingerprint density at radius 2 is 2.24 bits per heavy atom. The molecule has 6 heteroatoms. The second-order valence-corrected chi connectivity index (χ2v) is 3.62. The van der Waals surface area contributed by atoms with Gasteiger partial charge in [0.15, 0.2) is 11.5 Å². The van der Waals surface area contributed by atoms with Crippen LogP contribution in [0.5, 0.6) is 0 Å². The summed E-state index contributed by atoms with van der Waals surface area (Å²) >= 11 is 0. The Labute approximate surface area is 95.7 Å². The molecule has 0 bridgehead atoms. The lowest BCUT2D eigenvalue weighted by Crippen LogP contribution is -1.92. The van der Waals surface area contributed by atoms with E-state index in [2.05, 4.69) is 20.3 Å². The molecule has 0 fully saturated rings. The number of hydrogen-bond acceptors (Lipinski definition) is 4. The van der Waals surface area contributed by atoms with Gasteiger partial charge < -0.3 is 14.7 Å². The first-order valence-electron chi connectivity index (χ1n) is 5.12. The molecule has 0 aliphatic rings. The normalized spacial score (nSPS) is 10.9. The van der Waals surface area contributed by atoms with Crippen molar-refractivity contribution in [2.45, 2.75) is 0 Å². The van der Waals surface area contributed by atoms with Gasteiger partial charge >= 0.3 is 5.76 Å². The molecule has 6 nitrogen and oxygen atoms in total. The fourth-order valence-electron chi connectivity index (χ4n) is 1.71. The minimum atomic E-state index is -0.447. The molecule has 0 aliphatic heterocycles. The second-order valence-electron chi connectivity index (χ2n) is 3.62. The molecule has 2 aromatic heterocycles. The average molecular weight is 230 g/mol. The number of nitrogens with one attached hydrogen (secondary N) is 3. The monoisotopic (exact) mass is 230 g/mol. The maximum absolute atomic E-state index is 11.0. The first-order chi connectivity index (χ1) is 8.26.